The Labute approximate surface area is 305 Å². The Morgan fingerprint density at radius 2 is 1.61 bits per heavy atom. The van der Waals surface area contributed by atoms with Crippen molar-refractivity contribution in [3.63, 3.8) is 0 Å². The van der Waals surface area contributed by atoms with Crippen molar-refractivity contribution >= 4 is 54.8 Å². The van der Waals surface area contributed by atoms with Crippen LogP contribution in [0.2, 0.25) is 18.1 Å². The van der Waals surface area contributed by atoms with E-state index in [-0.39, 0.29) is 47.0 Å². The van der Waals surface area contributed by atoms with Gasteiger partial charge in [0.25, 0.3) is 5.69 Å². The minimum absolute atomic E-state index is 0.0238. The lowest BCUT2D eigenvalue weighted by molar-refractivity contribution is -0.384. The molecule has 0 bridgehead atoms. The number of nitrogens with one attached hydrogen (secondary N) is 1. The monoisotopic (exact) mass is 751 g/mol. The van der Waals surface area contributed by atoms with Gasteiger partial charge in [0.15, 0.2) is 13.4 Å². The third-order valence-corrected chi connectivity index (χ3v) is 14.4. The quantitative estimate of drug-likeness (QED) is 0.0272. The van der Waals surface area contributed by atoms with Crippen LogP contribution in [0.3, 0.4) is 0 Å². The summed E-state index contributed by atoms with van der Waals surface area (Å²) in [4.78, 5) is 76.2. The molecule has 0 saturated carbocycles. The SMILES string of the molecule is CC(C)=C(C(=O)OCOC(=O)C(C)(C)C)N1C(=O)[C@@H]([C@H](C)O[Si](C)(C)C(C)(C)C)[C@H]1SC(=O)CCCCNC(=O)OCc1ccc([N+](=O)[O-])cc1. The molecule has 1 aromatic rings. The second-order valence-corrected chi connectivity index (χ2v) is 21.1. The first-order chi connectivity index (χ1) is 23.5. The number of carbonyl (C=O) groups excluding carboxylic acids is 5. The normalized spacial score (nSPS) is 16.8. The number of allylic oxidation sites excluding steroid dienone is 1. The van der Waals surface area contributed by atoms with Gasteiger partial charge < -0.3 is 24.0 Å². The van der Waals surface area contributed by atoms with Crippen molar-refractivity contribution < 1.29 is 47.5 Å². The van der Waals surface area contributed by atoms with Gasteiger partial charge in [0.2, 0.25) is 12.7 Å². The predicted octanol–water partition coefficient (Wildman–Crippen LogP) is 6.83. The molecule has 1 aromatic carbocycles. The van der Waals surface area contributed by atoms with E-state index in [2.05, 4.69) is 39.2 Å². The summed E-state index contributed by atoms with van der Waals surface area (Å²) < 4.78 is 22.1. The highest BCUT2D eigenvalue weighted by atomic mass is 32.2. The molecule has 16 heteroatoms. The molecule has 1 aliphatic rings. The van der Waals surface area contributed by atoms with Crippen molar-refractivity contribution in [2.45, 2.75) is 118 Å². The molecule has 1 N–H and O–H groups in total. The Hall–Kier alpha value is -3.76. The van der Waals surface area contributed by atoms with Crippen LogP contribution >= 0.6 is 11.8 Å². The number of ether oxygens (including phenoxy) is 3. The van der Waals surface area contributed by atoms with Gasteiger partial charge in [-0.25, -0.2) is 9.59 Å². The summed E-state index contributed by atoms with van der Waals surface area (Å²) in [6, 6.07) is 5.66. The summed E-state index contributed by atoms with van der Waals surface area (Å²) in [5.41, 5.74) is 0.192. The number of carbonyl (C=O) groups is 5. The average Bonchev–Trinajstić information content (AvgIpc) is 3.00. The van der Waals surface area contributed by atoms with Crippen LogP contribution in [0.25, 0.3) is 0 Å². The van der Waals surface area contributed by atoms with Gasteiger partial charge in [-0.3, -0.25) is 29.4 Å². The lowest BCUT2D eigenvalue weighted by Gasteiger charge is -2.50. The molecule has 0 spiro atoms. The molecule has 0 aromatic heterocycles. The van der Waals surface area contributed by atoms with E-state index in [4.69, 9.17) is 18.6 Å². The Morgan fingerprint density at radius 1 is 1.00 bits per heavy atom. The van der Waals surface area contributed by atoms with Gasteiger partial charge in [0.05, 0.1) is 22.4 Å². The highest BCUT2D eigenvalue weighted by molar-refractivity contribution is 8.14. The molecule has 2 rings (SSSR count). The van der Waals surface area contributed by atoms with Crippen molar-refractivity contribution in [1.29, 1.82) is 0 Å². The van der Waals surface area contributed by atoms with E-state index in [9.17, 15) is 34.1 Å². The van der Waals surface area contributed by atoms with Gasteiger partial charge in [-0.05, 0) is 95.8 Å². The minimum atomic E-state index is -2.31. The number of hydrogen-bond donors (Lipinski definition) is 1. The first kappa shape index (κ1) is 43.4. The Balaban J connectivity index is 2.05. The molecule has 0 unspecified atom stereocenters. The van der Waals surface area contributed by atoms with Gasteiger partial charge in [-0.15, -0.1) is 0 Å². The van der Waals surface area contributed by atoms with Crippen molar-refractivity contribution in [1.82, 2.24) is 10.2 Å². The molecular weight excluding hydrogens is 699 g/mol. The number of benzene rings is 1. The number of alkyl carbamates (subject to hydrolysis) is 1. The summed E-state index contributed by atoms with van der Waals surface area (Å²) in [6.45, 7) is 20.1. The number of amides is 2. The lowest BCUT2D eigenvalue weighted by atomic mass is 9.91. The summed E-state index contributed by atoms with van der Waals surface area (Å²) in [5.74, 6) is -2.49. The number of hydrogen-bond acceptors (Lipinski definition) is 12. The minimum Gasteiger partial charge on any atom is -0.445 e. The molecule has 14 nitrogen and oxygen atoms in total. The van der Waals surface area contributed by atoms with E-state index >= 15 is 0 Å². The summed E-state index contributed by atoms with van der Waals surface area (Å²) in [5, 5.41) is 12.3. The number of β-lactam (4-membered cyclic amide) rings is 1. The maximum absolute atomic E-state index is 13.8. The zero-order valence-corrected chi connectivity index (χ0v) is 33.4. The number of likely N-dealkylation sites (tertiary alicyclic amines) is 1. The van der Waals surface area contributed by atoms with Gasteiger partial charge in [-0.1, -0.05) is 32.5 Å². The number of nitro groups is 1. The Bertz CT molecular complexity index is 1480. The molecule has 0 radical (unpaired) electrons. The molecule has 3 atom stereocenters. The van der Waals surface area contributed by atoms with Crippen LogP contribution in [0.5, 0.6) is 0 Å². The number of non-ortho nitro benzene ring substituents is 1. The van der Waals surface area contributed by atoms with Crippen molar-refractivity contribution in [3.05, 3.63) is 51.2 Å². The molecule has 1 saturated heterocycles. The first-order valence-corrected chi connectivity index (χ1v) is 20.6. The molecule has 2 amide bonds. The zero-order chi connectivity index (χ0) is 38.9. The number of thioether (sulfide) groups is 1. The third-order valence-electron chi connectivity index (χ3n) is 8.62. The van der Waals surface area contributed by atoms with E-state index in [0.29, 0.717) is 24.0 Å². The van der Waals surface area contributed by atoms with Crippen LogP contribution in [0.15, 0.2) is 35.5 Å². The maximum atomic E-state index is 13.8. The van der Waals surface area contributed by atoms with E-state index in [1.165, 1.54) is 29.2 Å². The van der Waals surface area contributed by atoms with Gasteiger partial charge in [-0.2, -0.15) is 0 Å². The number of unbranched alkanes of at least 4 members (excludes halogenated alkanes) is 1. The highest BCUT2D eigenvalue weighted by Crippen LogP contribution is 2.45. The van der Waals surface area contributed by atoms with Crippen LogP contribution in [-0.2, 0) is 44.4 Å². The van der Waals surface area contributed by atoms with Crippen molar-refractivity contribution in [3.8, 4) is 0 Å². The number of rotatable bonds is 16. The Morgan fingerprint density at radius 3 is 2.14 bits per heavy atom. The molecule has 284 valence electrons. The number of nitro benzene ring substituents is 1. The van der Waals surface area contributed by atoms with Gasteiger partial charge in [0.1, 0.15) is 17.7 Å². The second kappa shape index (κ2) is 18.1. The Kier molecular flexibility index (Phi) is 15.4. The van der Waals surface area contributed by atoms with E-state index in [1.807, 2.05) is 6.92 Å². The van der Waals surface area contributed by atoms with Gasteiger partial charge >= 0.3 is 18.0 Å². The largest absolute Gasteiger partial charge is 0.445 e. The zero-order valence-electron chi connectivity index (χ0n) is 31.6. The number of nitrogens with zero attached hydrogens (tertiary/aromatic N) is 2. The summed E-state index contributed by atoms with van der Waals surface area (Å²) in [7, 11) is -2.31. The molecule has 1 heterocycles. The standard InChI is InChI=1S/C35H53N3O11SSi/c1-22(2)28(31(41)47-21-48-32(42)34(4,5)6)37-29(40)27(23(3)49-51(10,11)35(7,8)9)30(37)50-26(39)14-12-13-19-36-33(43)46-20-24-15-17-25(18-16-24)38(44)45/h15-18,23,27,30H,12-14,19-21H2,1-11H3,(H,36,43)/t23-,27+,30+/m0/s1. The first-order valence-electron chi connectivity index (χ1n) is 16.8. The highest BCUT2D eigenvalue weighted by Gasteiger charge is 2.56. The number of esters is 2. The topological polar surface area (TPSA) is 181 Å². The lowest BCUT2D eigenvalue weighted by Crippen LogP contribution is -2.65. The van der Waals surface area contributed by atoms with E-state index in [1.54, 1.807) is 34.6 Å². The smallest absolute Gasteiger partial charge is 0.407 e. The fraction of sp³-hybridized carbons (Fsp3) is 0.629. The van der Waals surface area contributed by atoms with Crippen LogP contribution < -0.4 is 5.32 Å². The fourth-order valence-corrected chi connectivity index (χ4v) is 7.41. The van der Waals surface area contributed by atoms with E-state index < -0.39 is 60.9 Å². The van der Waals surface area contributed by atoms with Crippen molar-refractivity contribution in [2.24, 2.45) is 11.3 Å². The third kappa shape index (κ3) is 12.5. The van der Waals surface area contributed by atoms with Crippen molar-refractivity contribution in [2.75, 3.05) is 13.3 Å². The fourth-order valence-electron chi connectivity index (χ4n) is 4.65. The summed E-state index contributed by atoms with van der Waals surface area (Å²) >= 11 is 0.956. The molecule has 1 fully saturated rings. The van der Waals surface area contributed by atoms with Crippen LogP contribution in [-0.4, -0.2) is 72.0 Å². The maximum Gasteiger partial charge on any atom is 0.407 e. The van der Waals surface area contributed by atoms with E-state index in [0.717, 1.165) is 11.8 Å². The van der Waals surface area contributed by atoms with Crippen LogP contribution in [0.4, 0.5) is 10.5 Å². The molecule has 51 heavy (non-hydrogen) atoms. The summed E-state index contributed by atoms with van der Waals surface area (Å²) in [6.07, 6.45) is -0.148. The van der Waals surface area contributed by atoms with Crippen LogP contribution in [0.1, 0.15) is 87.1 Å². The predicted molar refractivity (Wildman–Crippen MR) is 194 cm³/mol. The second-order valence-electron chi connectivity index (χ2n) is 15.2. The average molecular weight is 752 g/mol. The molecule has 0 aliphatic carbocycles. The van der Waals surface area contributed by atoms with Crippen LogP contribution in [0, 0.1) is 21.4 Å². The molecular formula is C35H53N3O11SSi. The van der Waals surface area contributed by atoms with Gasteiger partial charge in [0, 0.05) is 25.1 Å². The molecule has 1 aliphatic heterocycles.